The van der Waals surface area contributed by atoms with E-state index >= 15 is 0 Å². The van der Waals surface area contributed by atoms with Gasteiger partial charge in [-0.15, -0.1) is 0 Å². The number of carbonyl (C=O) groups excluding carboxylic acids is 1. The molecular weight excluding hydrogens is 528 g/mol. The van der Waals surface area contributed by atoms with Crippen LogP contribution in [0.1, 0.15) is 128 Å². The number of hydrogen-bond acceptors (Lipinski definition) is 2. The van der Waals surface area contributed by atoms with Gasteiger partial charge in [-0.2, -0.15) is 0 Å². The molecule has 0 aromatic rings. The molecule has 0 heterocycles. The molecule has 0 aliphatic heterocycles. The van der Waals surface area contributed by atoms with Crippen LogP contribution < -0.4 is 0 Å². The van der Waals surface area contributed by atoms with Crippen LogP contribution in [0.5, 0.6) is 0 Å². The third kappa shape index (κ3) is 18.0. The zero-order valence-corrected chi connectivity index (χ0v) is 23.8. The minimum atomic E-state index is 0.0705. The fourth-order valence-electron chi connectivity index (χ4n) is 4.70. The highest BCUT2D eigenvalue weighted by molar-refractivity contribution is 9.09. The molecule has 188 valence electrons. The second-order valence-corrected chi connectivity index (χ2v) is 11.2. The van der Waals surface area contributed by atoms with Crippen molar-refractivity contribution in [3.05, 3.63) is 6.42 Å². The van der Waals surface area contributed by atoms with Crippen LogP contribution in [-0.2, 0) is 9.53 Å². The lowest BCUT2D eigenvalue weighted by molar-refractivity contribution is 0.0326. The van der Waals surface area contributed by atoms with Gasteiger partial charge in [0.2, 0.25) is 6.29 Å². The van der Waals surface area contributed by atoms with E-state index in [0.29, 0.717) is 12.0 Å². The summed E-state index contributed by atoms with van der Waals surface area (Å²) in [5.41, 5.74) is 0. The second kappa shape index (κ2) is 23.3. The first-order valence-corrected chi connectivity index (χ1v) is 16.0. The Hall–Kier alpha value is 0.590. The molecule has 2 radical (unpaired) electrons. The van der Waals surface area contributed by atoms with Crippen LogP contribution >= 0.6 is 31.9 Å². The van der Waals surface area contributed by atoms with E-state index in [9.17, 15) is 4.79 Å². The van der Waals surface area contributed by atoms with Crippen molar-refractivity contribution in [2.24, 2.45) is 11.8 Å². The molecule has 0 bridgehead atoms. The van der Waals surface area contributed by atoms with Gasteiger partial charge in [0.15, 0.2) is 0 Å². The van der Waals surface area contributed by atoms with E-state index in [1.807, 2.05) is 0 Å². The molecule has 0 aromatic heterocycles. The topological polar surface area (TPSA) is 26.3 Å². The van der Waals surface area contributed by atoms with E-state index in [2.05, 4.69) is 44.6 Å². The molecule has 0 aromatic carbocycles. The van der Waals surface area contributed by atoms with Crippen molar-refractivity contribution < 1.29 is 9.53 Å². The van der Waals surface area contributed by atoms with Crippen molar-refractivity contribution >= 4 is 38.1 Å². The lowest BCUT2D eigenvalue weighted by atomic mass is 9.94. The van der Waals surface area contributed by atoms with E-state index < -0.39 is 0 Å². The average Bonchev–Trinajstić information content (AvgIpc) is 2.83. The van der Waals surface area contributed by atoms with Gasteiger partial charge in [0.05, 0.1) is 6.10 Å². The molecule has 0 N–H and O–H groups in total. The summed E-state index contributed by atoms with van der Waals surface area (Å²) in [5.74, 6) is 0.786. The van der Waals surface area contributed by atoms with Gasteiger partial charge in [-0.25, -0.2) is 0 Å². The minimum Gasteiger partial charge on any atom is -0.378 e. The number of unbranched alkanes of at least 4 members (excludes halogenated alkanes) is 12. The summed E-state index contributed by atoms with van der Waals surface area (Å²) < 4.78 is 6.00. The Morgan fingerprint density at radius 2 is 1.25 bits per heavy atom. The number of alkyl halides is 2. The Morgan fingerprint density at radius 3 is 1.75 bits per heavy atom. The summed E-state index contributed by atoms with van der Waals surface area (Å²) in [6.45, 7) is 0.984. The van der Waals surface area contributed by atoms with Gasteiger partial charge in [0.25, 0.3) is 0 Å². The standard InChI is InChI=1S/C28H50Br2O2/c29-23-26(20-21-27(24-30)25-31)17-13-10-8-6-4-2-1-3-5-7-9-11-16-22-32-28-18-14-12-15-19-28/h12,26-28H,1-11,13-24H2. The maximum atomic E-state index is 10.8. The maximum absolute atomic E-state index is 10.8. The molecule has 2 unspecified atom stereocenters. The molecule has 4 heteroatoms. The first-order valence-electron chi connectivity index (χ1n) is 13.7. The summed E-state index contributed by atoms with van der Waals surface area (Å²) >= 11 is 7.06. The lowest BCUT2D eigenvalue weighted by Crippen LogP contribution is -2.17. The van der Waals surface area contributed by atoms with Crippen LogP contribution in [0.25, 0.3) is 0 Å². The van der Waals surface area contributed by atoms with Crippen LogP contribution in [0.3, 0.4) is 0 Å². The van der Waals surface area contributed by atoms with Gasteiger partial charge >= 0.3 is 0 Å². The quantitative estimate of drug-likeness (QED) is 0.0892. The summed E-state index contributed by atoms with van der Waals surface area (Å²) in [6, 6.07) is 0. The van der Waals surface area contributed by atoms with E-state index in [0.717, 1.165) is 30.1 Å². The monoisotopic (exact) mass is 576 g/mol. The molecule has 2 nitrogen and oxygen atoms in total. The summed E-state index contributed by atoms with van der Waals surface area (Å²) in [6.07, 6.45) is 31.5. The first-order chi connectivity index (χ1) is 15.8. The molecule has 1 aliphatic rings. The van der Waals surface area contributed by atoms with Gasteiger partial charge in [-0.3, -0.25) is 4.79 Å². The second-order valence-electron chi connectivity index (χ2n) is 9.89. The molecular formula is C28H50Br2O2. The minimum absolute atomic E-state index is 0.0705. The van der Waals surface area contributed by atoms with Crippen LogP contribution in [0, 0.1) is 18.3 Å². The molecule has 1 rings (SSSR count). The third-order valence-corrected chi connectivity index (χ3v) is 8.69. The van der Waals surface area contributed by atoms with Crippen LogP contribution in [0.15, 0.2) is 0 Å². The van der Waals surface area contributed by atoms with Gasteiger partial charge in [-0.05, 0) is 63.7 Å². The van der Waals surface area contributed by atoms with Gasteiger partial charge in [-0.1, -0.05) is 109 Å². The van der Waals surface area contributed by atoms with E-state index in [4.69, 9.17) is 4.74 Å². The van der Waals surface area contributed by atoms with Crippen LogP contribution in [-0.4, -0.2) is 29.7 Å². The lowest BCUT2D eigenvalue weighted by Gasteiger charge is -2.21. The Balaban J connectivity index is 1.76. The van der Waals surface area contributed by atoms with Gasteiger partial charge in [0, 0.05) is 23.2 Å². The van der Waals surface area contributed by atoms with Crippen molar-refractivity contribution in [1.29, 1.82) is 0 Å². The summed E-state index contributed by atoms with van der Waals surface area (Å²) in [5, 5.41) is 1.81. The molecule has 0 saturated heterocycles. The number of ether oxygens (including phenoxy) is 1. The number of rotatable bonds is 23. The molecule has 0 amide bonds. The highest BCUT2D eigenvalue weighted by Crippen LogP contribution is 2.22. The molecule has 0 spiro atoms. The van der Waals surface area contributed by atoms with E-state index in [1.165, 1.54) is 116 Å². The Kier molecular flexibility index (Phi) is 22.3. The normalized spacial score (nSPS) is 16.8. The summed E-state index contributed by atoms with van der Waals surface area (Å²) in [4.78, 5) is 10.8. The zero-order chi connectivity index (χ0) is 23.1. The highest BCUT2D eigenvalue weighted by atomic mass is 79.9. The maximum Gasteiger partial charge on any atom is 0.202 e. The van der Waals surface area contributed by atoms with Crippen molar-refractivity contribution in [3.63, 3.8) is 0 Å². The Labute approximate surface area is 217 Å². The van der Waals surface area contributed by atoms with Crippen molar-refractivity contribution in [3.8, 4) is 0 Å². The van der Waals surface area contributed by atoms with Crippen LogP contribution in [0.4, 0.5) is 0 Å². The van der Waals surface area contributed by atoms with Gasteiger partial charge < -0.3 is 4.74 Å². The number of hydrogen-bond donors (Lipinski definition) is 0. The Bertz CT molecular complexity index is 399. The molecule has 32 heavy (non-hydrogen) atoms. The average molecular weight is 579 g/mol. The first kappa shape index (κ1) is 30.6. The molecule has 1 saturated carbocycles. The third-order valence-electron chi connectivity index (χ3n) is 6.99. The summed E-state index contributed by atoms with van der Waals surface area (Å²) in [7, 11) is 0. The largest absolute Gasteiger partial charge is 0.378 e. The smallest absolute Gasteiger partial charge is 0.202 e. The van der Waals surface area contributed by atoms with Gasteiger partial charge in [0.1, 0.15) is 0 Å². The van der Waals surface area contributed by atoms with E-state index in [-0.39, 0.29) is 5.92 Å². The fourth-order valence-corrected chi connectivity index (χ4v) is 5.80. The predicted molar refractivity (Wildman–Crippen MR) is 147 cm³/mol. The van der Waals surface area contributed by atoms with Crippen molar-refractivity contribution in [2.75, 3.05) is 17.3 Å². The van der Waals surface area contributed by atoms with Crippen molar-refractivity contribution in [1.82, 2.24) is 0 Å². The zero-order valence-electron chi connectivity index (χ0n) is 20.6. The van der Waals surface area contributed by atoms with Crippen molar-refractivity contribution in [2.45, 2.75) is 135 Å². The highest BCUT2D eigenvalue weighted by Gasteiger charge is 2.13. The molecule has 2 atom stereocenters. The van der Waals surface area contributed by atoms with E-state index in [1.54, 1.807) is 0 Å². The SMILES string of the molecule is O=[C]C(CBr)CCC(CBr)CCCCCCCCCCCCCCCOC1CC[CH]CC1. The predicted octanol–water partition coefficient (Wildman–Crippen LogP) is 9.52. The van der Waals surface area contributed by atoms with Crippen LogP contribution in [0.2, 0.25) is 0 Å². The number of halogens is 2. The fraction of sp³-hybridized carbons (Fsp3) is 0.929. The Morgan fingerprint density at radius 1 is 0.719 bits per heavy atom. The molecule has 1 aliphatic carbocycles. The molecule has 1 fully saturated rings.